The summed E-state index contributed by atoms with van der Waals surface area (Å²) in [5, 5.41) is 5.64. The Morgan fingerprint density at radius 3 is 1.60 bits per heavy atom. The first kappa shape index (κ1) is 28.1. The van der Waals surface area contributed by atoms with E-state index in [2.05, 4.69) is 168 Å². The van der Waals surface area contributed by atoms with Crippen LogP contribution in [0.5, 0.6) is 0 Å². The van der Waals surface area contributed by atoms with Crippen LogP contribution in [0.3, 0.4) is 0 Å². The number of hydrogen-bond acceptors (Lipinski definition) is 4. The minimum absolute atomic E-state index is 0.730. The van der Waals surface area contributed by atoms with Crippen molar-refractivity contribution in [3.05, 3.63) is 169 Å². The highest BCUT2D eigenvalue weighted by Gasteiger charge is 2.22. The lowest BCUT2D eigenvalue weighted by molar-refractivity contribution is 1.29. The average Bonchev–Trinajstić information content (AvgIpc) is 3.69. The predicted molar refractivity (Wildman–Crippen MR) is 207 cm³/mol. The number of hydrogen-bond donors (Lipinski definition) is 0. The average molecular weight is 659 g/mol. The van der Waals surface area contributed by atoms with E-state index in [4.69, 9.17) is 11.6 Å². The molecule has 0 atom stereocenters. The van der Waals surface area contributed by atoms with Crippen LogP contribution in [0, 0.1) is 0 Å². The highest BCUT2D eigenvalue weighted by Crippen LogP contribution is 2.49. The lowest BCUT2D eigenvalue weighted by atomic mass is 10.1. The quantitative estimate of drug-likeness (QED) is 0.175. The van der Waals surface area contributed by atoms with Gasteiger partial charge in [-0.15, -0.1) is 22.7 Å². The Morgan fingerprint density at radius 2 is 0.894 bits per heavy atom. The molecule has 2 aromatic heterocycles. The molecule has 0 unspecified atom stereocenters. The highest BCUT2D eigenvalue weighted by molar-refractivity contribution is 7.26. The lowest BCUT2D eigenvalue weighted by Gasteiger charge is -2.27. The largest absolute Gasteiger partial charge is 0.310 e. The Hall–Kier alpha value is -5.13. The molecule has 0 aliphatic heterocycles. The molecule has 0 N–H and O–H groups in total. The predicted octanol–water partition coefficient (Wildman–Crippen LogP) is 14.0. The summed E-state index contributed by atoms with van der Waals surface area (Å²) in [6, 6.07) is 58.2. The molecule has 5 heteroatoms. The van der Waals surface area contributed by atoms with E-state index in [0.717, 1.165) is 39.1 Å². The van der Waals surface area contributed by atoms with E-state index in [1.165, 1.54) is 40.3 Å². The molecular formula is C42H27ClN2S2. The third kappa shape index (κ3) is 4.85. The van der Waals surface area contributed by atoms with Gasteiger partial charge in [0.2, 0.25) is 0 Å². The molecule has 0 spiro atoms. The zero-order valence-electron chi connectivity index (χ0n) is 25.2. The monoisotopic (exact) mass is 658 g/mol. The van der Waals surface area contributed by atoms with Crippen molar-refractivity contribution in [2.24, 2.45) is 0 Å². The Labute approximate surface area is 285 Å². The van der Waals surface area contributed by atoms with E-state index in [0.29, 0.717) is 0 Å². The van der Waals surface area contributed by atoms with Crippen molar-refractivity contribution in [2.45, 2.75) is 0 Å². The number of fused-ring (bicyclic) bond motifs is 6. The Bertz CT molecular complexity index is 2500. The summed E-state index contributed by atoms with van der Waals surface area (Å²) in [6.07, 6.45) is 0. The van der Waals surface area contributed by atoms with Gasteiger partial charge in [-0.2, -0.15) is 0 Å². The van der Waals surface area contributed by atoms with Gasteiger partial charge in [-0.05, 0) is 84.9 Å². The van der Waals surface area contributed by atoms with E-state index in [1.807, 2.05) is 28.7 Å². The maximum Gasteiger partial charge on any atom is 0.0741 e. The molecule has 9 aromatic rings. The van der Waals surface area contributed by atoms with E-state index in [1.54, 1.807) is 0 Å². The maximum atomic E-state index is 7.15. The Kier molecular flexibility index (Phi) is 6.93. The number of benzene rings is 7. The second kappa shape index (κ2) is 11.6. The number of para-hydroxylation sites is 3. The van der Waals surface area contributed by atoms with Crippen molar-refractivity contribution in [3.63, 3.8) is 0 Å². The lowest BCUT2D eigenvalue weighted by Crippen LogP contribution is -2.10. The van der Waals surface area contributed by atoms with Crippen LogP contribution in [0.2, 0.25) is 5.02 Å². The summed E-state index contributed by atoms with van der Waals surface area (Å²) in [6.45, 7) is 0. The van der Waals surface area contributed by atoms with Crippen LogP contribution in [0.25, 0.3) is 40.3 Å². The fourth-order valence-electron chi connectivity index (χ4n) is 6.61. The zero-order valence-corrected chi connectivity index (χ0v) is 27.6. The summed E-state index contributed by atoms with van der Waals surface area (Å²) in [4.78, 5) is 4.65. The third-order valence-electron chi connectivity index (χ3n) is 8.69. The van der Waals surface area contributed by atoms with Crippen molar-refractivity contribution in [2.75, 3.05) is 9.80 Å². The summed E-state index contributed by atoms with van der Waals surface area (Å²) in [7, 11) is 0. The molecule has 47 heavy (non-hydrogen) atoms. The second-order valence-corrected chi connectivity index (χ2v) is 14.1. The van der Waals surface area contributed by atoms with Crippen LogP contribution in [0.1, 0.15) is 0 Å². The molecule has 0 bridgehead atoms. The standard InChI is InChI=1S/C42H27ClN2S2/c43-36-23-25-39-41(34-18-10-11-19-37(34)46-39)42(36)45(30-16-8-3-9-17-30)32-20-22-33-35-26-31(21-24-38(35)47-40(33)27-32)44(28-12-4-1-5-13-28)29-14-6-2-7-15-29/h1-27H. The first-order valence-electron chi connectivity index (χ1n) is 15.5. The van der Waals surface area contributed by atoms with Gasteiger partial charge in [-0.1, -0.05) is 90.5 Å². The maximum absolute atomic E-state index is 7.15. The van der Waals surface area contributed by atoms with Crippen LogP contribution < -0.4 is 9.80 Å². The number of anilines is 6. The second-order valence-electron chi connectivity index (χ2n) is 11.5. The molecule has 0 saturated carbocycles. The first-order chi connectivity index (χ1) is 23.2. The minimum Gasteiger partial charge on any atom is -0.310 e. The summed E-state index contributed by atoms with van der Waals surface area (Å²) < 4.78 is 4.98. The molecule has 0 amide bonds. The summed E-state index contributed by atoms with van der Waals surface area (Å²) >= 11 is 10.8. The van der Waals surface area contributed by atoms with Gasteiger partial charge in [0.25, 0.3) is 0 Å². The molecule has 0 saturated heterocycles. The van der Waals surface area contributed by atoms with Crippen molar-refractivity contribution in [1.29, 1.82) is 0 Å². The molecule has 2 nitrogen and oxygen atoms in total. The van der Waals surface area contributed by atoms with Crippen molar-refractivity contribution >= 4 is 109 Å². The number of thiophene rings is 2. The van der Waals surface area contributed by atoms with Gasteiger partial charge in [0.15, 0.2) is 0 Å². The summed E-state index contributed by atoms with van der Waals surface area (Å²) in [5.74, 6) is 0. The van der Waals surface area contributed by atoms with Gasteiger partial charge in [-0.3, -0.25) is 0 Å². The molecule has 0 aliphatic rings. The van der Waals surface area contributed by atoms with Gasteiger partial charge in [0, 0.05) is 68.8 Å². The van der Waals surface area contributed by atoms with Gasteiger partial charge in [0.1, 0.15) is 0 Å². The van der Waals surface area contributed by atoms with Crippen molar-refractivity contribution in [3.8, 4) is 0 Å². The van der Waals surface area contributed by atoms with Crippen LogP contribution >= 0.6 is 34.3 Å². The number of rotatable bonds is 6. The van der Waals surface area contributed by atoms with Gasteiger partial charge in [0.05, 0.1) is 10.7 Å². The Balaban J connectivity index is 1.23. The fraction of sp³-hybridized carbons (Fsp3) is 0. The van der Waals surface area contributed by atoms with Gasteiger partial charge < -0.3 is 9.80 Å². The number of halogens is 1. The van der Waals surface area contributed by atoms with Crippen molar-refractivity contribution < 1.29 is 0 Å². The van der Waals surface area contributed by atoms with Gasteiger partial charge in [-0.25, -0.2) is 0 Å². The smallest absolute Gasteiger partial charge is 0.0741 e. The number of nitrogens with zero attached hydrogens (tertiary/aromatic N) is 2. The van der Waals surface area contributed by atoms with Crippen LogP contribution in [-0.2, 0) is 0 Å². The molecule has 224 valence electrons. The van der Waals surface area contributed by atoms with Gasteiger partial charge >= 0.3 is 0 Å². The zero-order chi connectivity index (χ0) is 31.3. The molecule has 0 aliphatic carbocycles. The Morgan fingerprint density at radius 1 is 0.362 bits per heavy atom. The third-order valence-corrected chi connectivity index (χ3v) is 11.3. The van der Waals surface area contributed by atoms with Crippen LogP contribution in [0.15, 0.2) is 164 Å². The highest BCUT2D eigenvalue weighted by atomic mass is 35.5. The molecule has 2 heterocycles. The van der Waals surface area contributed by atoms with Crippen LogP contribution in [0.4, 0.5) is 34.1 Å². The van der Waals surface area contributed by atoms with E-state index < -0.39 is 0 Å². The SMILES string of the molecule is Clc1ccc2sc3ccccc3c2c1N(c1ccccc1)c1ccc2c(c1)sc1ccc(N(c3ccccc3)c3ccccc3)cc12. The fourth-order valence-corrected chi connectivity index (χ4v) is 9.08. The molecule has 0 radical (unpaired) electrons. The molecule has 0 fully saturated rings. The van der Waals surface area contributed by atoms with E-state index in [9.17, 15) is 0 Å². The molecule has 9 rings (SSSR count). The van der Waals surface area contributed by atoms with E-state index in [-0.39, 0.29) is 0 Å². The van der Waals surface area contributed by atoms with E-state index >= 15 is 0 Å². The first-order valence-corrected chi connectivity index (χ1v) is 17.6. The topological polar surface area (TPSA) is 6.48 Å². The normalized spacial score (nSPS) is 11.5. The molecule has 7 aromatic carbocycles. The van der Waals surface area contributed by atoms with Crippen LogP contribution in [-0.4, -0.2) is 0 Å². The molecular weight excluding hydrogens is 632 g/mol. The summed E-state index contributed by atoms with van der Waals surface area (Å²) in [5.41, 5.74) is 6.55. The van der Waals surface area contributed by atoms with Crippen molar-refractivity contribution in [1.82, 2.24) is 0 Å². The minimum atomic E-state index is 0.730.